The highest BCUT2D eigenvalue weighted by Crippen LogP contribution is 2.61. The molecule has 0 saturated heterocycles. The van der Waals surface area contributed by atoms with Gasteiger partial charge in [0, 0.05) is 27.4 Å². The minimum absolute atomic E-state index is 0.162. The summed E-state index contributed by atoms with van der Waals surface area (Å²) in [6.07, 6.45) is 15.7. The van der Waals surface area contributed by atoms with Crippen molar-refractivity contribution in [2.45, 2.75) is 39.3 Å². The Morgan fingerprint density at radius 1 is 0.698 bits per heavy atom. The van der Waals surface area contributed by atoms with Gasteiger partial charge in [0.15, 0.2) is 0 Å². The van der Waals surface area contributed by atoms with Crippen LogP contribution in [0.3, 0.4) is 0 Å². The Hall–Kier alpha value is -5.18. The topological polar surface area (TPSA) is 9.86 Å². The molecule has 2 aromatic heterocycles. The second-order valence-corrected chi connectivity index (χ2v) is 12.5. The van der Waals surface area contributed by atoms with Gasteiger partial charge in [0.1, 0.15) is 0 Å². The Labute approximate surface area is 254 Å². The molecule has 2 heteroatoms. The number of hydrogen-bond donors (Lipinski definition) is 0. The largest absolute Gasteiger partial charge is 0.329 e. The van der Waals surface area contributed by atoms with E-state index in [0.29, 0.717) is 13.1 Å². The molecule has 0 bridgehead atoms. The van der Waals surface area contributed by atoms with Gasteiger partial charge in [-0.2, -0.15) is 0 Å². The molecular weight excluding hydrogens is 520 g/mol. The van der Waals surface area contributed by atoms with E-state index in [1.165, 1.54) is 38.7 Å². The number of rotatable bonds is 5. The smallest absolute Gasteiger partial charge is 0.0841 e. The van der Waals surface area contributed by atoms with Crippen molar-refractivity contribution in [3.63, 3.8) is 0 Å². The zero-order valence-corrected chi connectivity index (χ0v) is 25.0. The molecule has 0 unspecified atom stereocenters. The molecule has 0 aliphatic heterocycles. The number of benzene rings is 4. The lowest BCUT2D eigenvalue weighted by atomic mass is 9.57. The molecule has 0 fully saturated rings. The minimum atomic E-state index is -0.402. The summed E-state index contributed by atoms with van der Waals surface area (Å²) in [5.41, 5.74) is 11.3. The molecule has 0 saturated carbocycles. The maximum atomic E-state index is 6.11. The first-order valence-electron chi connectivity index (χ1n) is 14.8. The minimum Gasteiger partial charge on any atom is -0.329 e. The van der Waals surface area contributed by atoms with Crippen molar-refractivity contribution in [1.82, 2.24) is 9.13 Å². The second kappa shape index (κ2) is 9.42. The molecule has 0 radical (unpaired) electrons. The van der Waals surface area contributed by atoms with Gasteiger partial charge in [0.2, 0.25) is 0 Å². The SMILES string of the molecule is C#CCn1c(C=C)c(C=C)c2cc3c(cc21)c1cccc(C2(C(C)(C)C)c4ccccc4-c4ccccc42)c1n3CC#C. The third kappa shape index (κ3) is 3.33. The molecule has 2 nitrogen and oxygen atoms in total. The van der Waals surface area contributed by atoms with Gasteiger partial charge in [-0.3, -0.25) is 0 Å². The molecular formula is C41H34N2. The van der Waals surface area contributed by atoms with Gasteiger partial charge in [0.05, 0.1) is 35.1 Å². The maximum Gasteiger partial charge on any atom is 0.0841 e. The van der Waals surface area contributed by atoms with Crippen molar-refractivity contribution < 1.29 is 0 Å². The highest BCUT2D eigenvalue weighted by atomic mass is 15.0. The summed E-state index contributed by atoms with van der Waals surface area (Å²) in [4.78, 5) is 0. The zero-order chi connectivity index (χ0) is 30.1. The molecule has 0 spiro atoms. The quantitative estimate of drug-likeness (QED) is 0.188. The van der Waals surface area contributed by atoms with E-state index in [-0.39, 0.29) is 5.41 Å². The number of hydrogen-bond acceptors (Lipinski definition) is 0. The average molecular weight is 555 g/mol. The van der Waals surface area contributed by atoms with Crippen LogP contribution >= 0.6 is 0 Å². The third-order valence-electron chi connectivity index (χ3n) is 9.53. The Balaban J connectivity index is 1.70. The van der Waals surface area contributed by atoms with Gasteiger partial charge in [0.25, 0.3) is 0 Å². The molecule has 4 aromatic carbocycles. The fraction of sp³-hybridized carbons (Fsp3) is 0.171. The number of aromatic nitrogens is 2. The monoisotopic (exact) mass is 554 g/mol. The first-order chi connectivity index (χ1) is 20.8. The summed E-state index contributed by atoms with van der Waals surface area (Å²) in [6.45, 7) is 16.2. The fourth-order valence-electron chi connectivity index (χ4n) is 8.03. The van der Waals surface area contributed by atoms with Crippen LogP contribution in [0, 0.1) is 30.1 Å². The molecule has 7 rings (SSSR count). The molecule has 2 heterocycles. The number of para-hydroxylation sites is 1. The normalized spacial score (nSPS) is 13.5. The van der Waals surface area contributed by atoms with Crippen LogP contribution in [0.2, 0.25) is 0 Å². The van der Waals surface area contributed by atoms with Crippen molar-refractivity contribution in [3.8, 4) is 35.8 Å². The highest BCUT2D eigenvalue weighted by Gasteiger charge is 2.53. The van der Waals surface area contributed by atoms with Crippen molar-refractivity contribution >= 4 is 44.9 Å². The average Bonchev–Trinajstić information content (AvgIpc) is 3.60. The summed E-state index contributed by atoms with van der Waals surface area (Å²) in [7, 11) is 0. The summed E-state index contributed by atoms with van der Waals surface area (Å²) in [5, 5.41) is 3.44. The van der Waals surface area contributed by atoms with Crippen LogP contribution in [0.4, 0.5) is 0 Å². The third-order valence-corrected chi connectivity index (χ3v) is 9.53. The Bertz CT molecular complexity index is 2180. The van der Waals surface area contributed by atoms with Crippen LogP contribution in [-0.2, 0) is 18.5 Å². The van der Waals surface area contributed by atoms with Gasteiger partial charge in [-0.15, -0.1) is 12.8 Å². The summed E-state index contributed by atoms with van der Waals surface area (Å²) in [5.74, 6) is 5.82. The lowest BCUT2D eigenvalue weighted by molar-refractivity contribution is 0.279. The summed E-state index contributed by atoms with van der Waals surface area (Å²) >= 11 is 0. The fourth-order valence-corrected chi connectivity index (χ4v) is 8.03. The number of fused-ring (bicyclic) bond motifs is 7. The van der Waals surface area contributed by atoms with Crippen molar-refractivity contribution in [2.24, 2.45) is 5.41 Å². The number of terminal acetylenes is 2. The van der Waals surface area contributed by atoms with E-state index in [9.17, 15) is 0 Å². The van der Waals surface area contributed by atoms with Gasteiger partial charge in [-0.1, -0.05) is 119 Å². The van der Waals surface area contributed by atoms with Gasteiger partial charge in [-0.25, -0.2) is 0 Å². The number of nitrogens with zero attached hydrogens (tertiary/aromatic N) is 2. The van der Waals surface area contributed by atoms with Crippen LogP contribution in [0.1, 0.15) is 48.7 Å². The molecule has 1 aliphatic carbocycles. The summed E-state index contributed by atoms with van der Waals surface area (Å²) in [6, 6.07) is 29.1. The van der Waals surface area contributed by atoms with E-state index >= 15 is 0 Å². The molecule has 0 amide bonds. The molecule has 6 aromatic rings. The van der Waals surface area contributed by atoms with Crippen molar-refractivity contribution in [2.75, 3.05) is 0 Å². The molecule has 1 aliphatic rings. The first kappa shape index (κ1) is 26.7. The standard InChI is InChI=1S/C41H34N2/c1-8-23-42-36(11-4)27(10-3)31-25-38-32(26-37(31)42)30-19-16-22-35(39(30)43(38)24-9-2)41(40(5,6)7)33-20-14-12-17-28(33)29-18-13-15-21-34(29)41/h1-2,10-22,25-26H,3-4,23-24H2,5-7H3. The summed E-state index contributed by atoms with van der Waals surface area (Å²) < 4.78 is 4.50. The molecule has 0 atom stereocenters. The first-order valence-corrected chi connectivity index (χ1v) is 14.8. The molecule has 0 N–H and O–H groups in total. The lowest BCUT2D eigenvalue weighted by Crippen LogP contribution is -2.41. The van der Waals surface area contributed by atoms with Crippen LogP contribution in [0.5, 0.6) is 0 Å². The van der Waals surface area contributed by atoms with Crippen LogP contribution in [-0.4, -0.2) is 9.13 Å². The van der Waals surface area contributed by atoms with Crippen LogP contribution < -0.4 is 0 Å². The Morgan fingerprint density at radius 2 is 1.26 bits per heavy atom. The van der Waals surface area contributed by atoms with Crippen molar-refractivity contribution in [1.29, 1.82) is 0 Å². The van der Waals surface area contributed by atoms with Crippen LogP contribution in [0.25, 0.3) is 56.0 Å². The van der Waals surface area contributed by atoms with Crippen molar-refractivity contribution in [3.05, 3.63) is 120 Å². The predicted molar refractivity (Wildman–Crippen MR) is 184 cm³/mol. The van der Waals surface area contributed by atoms with E-state index in [2.05, 4.69) is 134 Å². The predicted octanol–water partition coefficient (Wildman–Crippen LogP) is 9.66. The van der Waals surface area contributed by atoms with Gasteiger partial charge in [-0.05, 0) is 51.4 Å². The van der Waals surface area contributed by atoms with Crippen LogP contribution in [0.15, 0.2) is 92.0 Å². The molecule has 43 heavy (non-hydrogen) atoms. The lowest BCUT2D eigenvalue weighted by Gasteiger charge is -2.45. The maximum absolute atomic E-state index is 6.11. The second-order valence-electron chi connectivity index (χ2n) is 12.5. The van der Waals surface area contributed by atoms with E-state index < -0.39 is 5.41 Å². The highest BCUT2D eigenvalue weighted by molar-refractivity contribution is 6.15. The van der Waals surface area contributed by atoms with Gasteiger partial charge >= 0.3 is 0 Å². The molecule has 208 valence electrons. The van der Waals surface area contributed by atoms with E-state index in [1.54, 1.807) is 0 Å². The van der Waals surface area contributed by atoms with Gasteiger partial charge < -0.3 is 9.13 Å². The van der Waals surface area contributed by atoms with E-state index in [4.69, 9.17) is 12.8 Å². The Morgan fingerprint density at radius 3 is 1.84 bits per heavy atom. The zero-order valence-electron chi connectivity index (χ0n) is 25.0. The van der Waals surface area contributed by atoms with E-state index in [0.717, 1.165) is 33.1 Å². The van der Waals surface area contributed by atoms with E-state index in [1.807, 2.05) is 12.2 Å². The Kier molecular flexibility index (Phi) is 5.85.